The Kier molecular flexibility index (Phi) is 4.71. The van der Waals surface area contributed by atoms with Crippen LogP contribution in [0.5, 0.6) is 5.75 Å². The number of carbonyl (C=O) groups excluding carboxylic acids is 1. The molecule has 0 saturated carbocycles. The lowest BCUT2D eigenvalue weighted by Crippen LogP contribution is -2.35. The lowest BCUT2D eigenvalue weighted by molar-refractivity contribution is -0.142. The van der Waals surface area contributed by atoms with Crippen LogP contribution in [0.3, 0.4) is 0 Å². The Labute approximate surface area is 105 Å². The van der Waals surface area contributed by atoms with Crippen molar-refractivity contribution >= 4 is 11.9 Å². The van der Waals surface area contributed by atoms with Crippen LogP contribution in [0.1, 0.15) is 24.2 Å². The summed E-state index contributed by atoms with van der Waals surface area (Å²) in [6, 6.07) is 5.91. The van der Waals surface area contributed by atoms with Crippen molar-refractivity contribution < 1.29 is 19.8 Å². The molecule has 3 N–H and O–H groups in total. The third kappa shape index (κ3) is 3.76. The number of nitrogens with one attached hydrogen (secondary N) is 1. The minimum atomic E-state index is -0.929. The Morgan fingerprint density at radius 2 is 2.00 bits per heavy atom. The molecule has 5 heteroatoms. The highest BCUT2D eigenvalue weighted by Crippen LogP contribution is 2.12. The maximum Gasteiger partial charge on any atom is 0.308 e. The Morgan fingerprint density at radius 1 is 1.33 bits per heavy atom. The molecule has 0 aliphatic carbocycles. The summed E-state index contributed by atoms with van der Waals surface area (Å²) in [6.45, 7) is 3.65. The Morgan fingerprint density at radius 3 is 2.50 bits per heavy atom. The van der Waals surface area contributed by atoms with Crippen molar-refractivity contribution in [3.63, 3.8) is 0 Å². The van der Waals surface area contributed by atoms with Gasteiger partial charge in [0.2, 0.25) is 0 Å². The number of carboxylic acid groups (broad SMARTS) is 1. The minimum absolute atomic E-state index is 0.00120. The number of benzene rings is 1. The van der Waals surface area contributed by atoms with Gasteiger partial charge in [0.15, 0.2) is 0 Å². The molecule has 98 valence electrons. The van der Waals surface area contributed by atoms with Gasteiger partial charge in [-0.3, -0.25) is 9.59 Å². The zero-order valence-corrected chi connectivity index (χ0v) is 10.4. The van der Waals surface area contributed by atoms with E-state index in [1.165, 1.54) is 12.1 Å². The lowest BCUT2D eigenvalue weighted by Gasteiger charge is -2.16. The van der Waals surface area contributed by atoms with Crippen LogP contribution in [0, 0.1) is 11.8 Å². The van der Waals surface area contributed by atoms with Crippen LogP contribution in [0.4, 0.5) is 0 Å². The van der Waals surface area contributed by atoms with E-state index in [1.807, 2.05) is 0 Å². The average molecular weight is 251 g/mol. The first-order chi connectivity index (χ1) is 8.41. The maximum absolute atomic E-state index is 11.7. The molecule has 0 fully saturated rings. The third-order valence-corrected chi connectivity index (χ3v) is 2.71. The van der Waals surface area contributed by atoms with Gasteiger partial charge in [-0.15, -0.1) is 0 Å². The molecule has 0 aromatic heterocycles. The summed E-state index contributed by atoms with van der Waals surface area (Å²) in [5, 5.41) is 20.8. The molecule has 0 aliphatic heterocycles. The van der Waals surface area contributed by atoms with Crippen molar-refractivity contribution in [1.82, 2.24) is 5.32 Å². The zero-order valence-electron chi connectivity index (χ0n) is 10.4. The van der Waals surface area contributed by atoms with Crippen LogP contribution < -0.4 is 5.32 Å². The Balaban J connectivity index is 2.63. The van der Waals surface area contributed by atoms with E-state index in [9.17, 15) is 14.7 Å². The highest BCUT2D eigenvalue weighted by molar-refractivity contribution is 5.94. The maximum atomic E-state index is 11.7. The zero-order chi connectivity index (χ0) is 13.7. The largest absolute Gasteiger partial charge is 0.508 e. The van der Waals surface area contributed by atoms with E-state index in [2.05, 4.69) is 5.32 Å². The molecule has 0 aliphatic rings. The molecule has 1 unspecified atom stereocenters. The molecule has 1 atom stereocenters. The Bertz CT molecular complexity index is 442. The molecule has 0 radical (unpaired) electrons. The number of carbonyl (C=O) groups is 2. The van der Waals surface area contributed by atoms with Gasteiger partial charge in [0.25, 0.3) is 5.91 Å². The second-order valence-corrected chi connectivity index (χ2v) is 4.45. The van der Waals surface area contributed by atoms with E-state index in [0.717, 1.165) is 0 Å². The van der Waals surface area contributed by atoms with Gasteiger partial charge in [-0.05, 0) is 24.1 Å². The molecule has 1 amide bonds. The second-order valence-electron chi connectivity index (χ2n) is 4.45. The summed E-state index contributed by atoms with van der Waals surface area (Å²) in [7, 11) is 0. The fraction of sp³-hybridized carbons (Fsp3) is 0.385. The Hall–Kier alpha value is -2.04. The van der Waals surface area contributed by atoms with Crippen LogP contribution in [0.15, 0.2) is 24.3 Å². The van der Waals surface area contributed by atoms with Crippen LogP contribution in [-0.2, 0) is 4.79 Å². The van der Waals surface area contributed by atoms with Gasteiger partial charge in [0.1, 0.15) is 5.75 Å². The molecular formula is C13H17NO4. The van der Waals surface area contributed by atoms with Crippen molar-refractivity contribution in [1.29, 1.82) is 0 Å². The number of phenols is 1. The normalized spacial score (nSPS) is 12.2. The number of hydrogen-bond acceptors (Lipinski definition) is 3. The number of hydrogen-bond donors (Lipinski definition) is 3. The number of aliphatic carboxylic acids is 1. The summed E-state index contributed by atoms with van der Waals surface area (Å²) in [5.74, 6) is -2.00. The van der Waals surface area contributed by atoms with E-state index in [4.69, 9.17) is 5.11 Å². The van der Waals surface area contributed by atoms with Crippen LogP contribution in [0.25, 0.3) is 0 Å². The van der Waals surface area contributed by atoms with Crippen molar-refractivity contribution in [2.24, 2.45) is 11.8 Å². The molecule has 5 nitrogen and oxygen atoms in total. The lowest BCUT2D eigenvalue weighted by atomic mass is 9.96. The summed E-state index contributed by atoms with van der Waals surface area (Å²) in [6.07, 6.45) is 0. The van der Waals surface area contributed by atoms with Crippen molar-refractivity contribution in [2.45, 2.75) is 13.8 Å². The van der Waals surface area contributed by atoms with Crippen molar-refractivity contribution in [3.05, 3.63) is 29.8 Å². The average Bonchev–Trinajstić information content (AvgIpc) is 2.28. The van der Waals surface area contributed by atoms with Gasteiger partial charge < -0.3 is 15.5 Å². The molecule has 1 rings (SSSR count). The highest BCUT2D eigenvalue weighted by atomic mass is 16.4. The van der Waals surface area contributed by atoms with Gasteiger partial charge in [0, 0.05) is 12.1 Å². The molecular weight excluding hydrogens is 234 g/mol. The fourth-order valence-electron chi connectivity index (χ4n) is 1.56. The SMILES string of the molecule is CC(C)C(CNC(=O)c1cccc(O)c1)C(=O)O. The summed E-state index contributed by atoms with van der Waals surface area (Å²) in [4.78, 5) is 22.7. The molecule has 18 heavy (non-hydrogen) atoms. The van der Waals surface area contributed by atoms with Crippen molar-refractivity contribution in [3.8, 4) is 5.75 Å². The van der Waals surface area contributed by atoms with E-state index >= 15 is 0 Å². The predicted octanol–water partition coefficient (Wildman–Crippen LogP) is 1.48. The third-order valence-electron chi connectivity index (χ3n) is 2.71. The van der Waals surface area contributed by atoms with Gasteiger partial charge in [0.05, 0.1) is 5.92 Å². The standard InChI is InChI=1S/C13H17NO4/c1-8(2)11(13(17)18)7-14-12(16)9-4-3-5-10(15)6-9/h3-6,8,11,15H,7H2,1-2H3,(H,14,16)(H,17,18). The number of aromatic hydroxyl groups is 1. The fourth-order valence-corrected chi connectivity index (χ4v) is 1.56. The van der Waals surface area contributed by atoms with Crippen LogP contribution in [-0.4, -0.2) is 28.6 Å². The summed E-state index contributed by atoms with van der Waals surface area (Å²) >= 11 is 0. The van der Waals surface area contributed by atoms with E-state index in [-0.39, 0.29) is 18.2 Å². The summed E-state index contributed by atoms with van der Waals surface area (Å²) in [5.41, 5.74) is 0.308. The molecule has 0 saturated heterocycles. The van der Waals surface area contributed by atoms with Crippen LogP contribution >= 0.6 is 0 Å². The second kappa shape index (κ2) is 6.05. The van der Waals surface area contributed by atoms with Crippen LogP contribution in [0.2, 0.25) is 0 Å². The monoisotopic (exact) mass is 251 g/mol. The quantitative estimate of drug-likeness (QED) is 0.739. The van der Waals surface area contributed by atoms with Crippen molar-refractivity contribution in [2.75, 3.05) is 6.54 Å². The molecule has 0 bridgehead atoms. The van der Waals surface area contributed by atoms with Gasteiger partial charge in [-0.2, -0.15) is 0 Å². The minimum Gasteiger partial charge on any atom is -0.508 e. The predicted molar refractivity (Wildman–Crippen MR) is 66.4 cm³/mol. The highest BCUT2D eigenvalue weighted by Gasteiger charge is 2.22. The van der Waals surface area contributed by atoms with Gasteiger partial charge in [-0.1, -0.05) is 19.9 Å². The number of rotatable bonds is 5. The molecule has 1 aromatic rings. The first-order valence-corrected chi connectivity index (χ1v) is 5.72. The number of phenolic OH excluding ortho intramolecular Hbond substituents is 1. The van der Waals surface area contributed by atoms with E-state index in [0.29, 0.717) is 5.56 Å². The molecule has 0 spiro atoms. The van der Waals surface area contributed by atoms with Gasteiger partial charge in [-0.25, -0.2) is 0 Å². The van der Waals surface area contributed by atoms with Gasteiger partial charge >= 0.3 is 5.97 Å². The first kappa shape index (κ1) is 14.0. The van der Waals surface area contributed by atoms with E-state index in [1.54, 1.807) is 26.0 Å². The number of amides is 1. The molecule has 0 heterocycles. The molecule has 1 aromatic carbocycles. The topological polar surface area (TPSA) is 86.6 Å². The van der Waals surface area contributed by atoms with E-state index < -0.39 is 17.8 Å². The smallest absolute Gasteiger partial charge is 0.308 e. The summed E-state index contributed by atoms with van der Waals surface area (Å²) < 4.78 is 0. The first-order valence-electron chi connectivity index (χ1n) is 5.72. The number of carboxylic acids is 1.